The molecule has 1 aromatic rings. The Bertz CT molecular complexity index is 632. The number of esters is 1. The van der Waals surface area contributed by atoms with Gasteiger partial charge in [0.2, 0.25) is 0 Å². The van der Waals surface area contributed by atoms with Crippen LogP contribution in [0, 0.1) is 12.3 Å². The van der Waals surface area contributed by atoms with Crippen molar-refractivity contribution >= 4 is 36.6 Å². The summed E-state index contributed by atoms with van der Waals surface area (Å²) < 4.78 is 5.75. The summed E-state index contributed by atoms with van der Waals surface area (Å²) in [5.41, 5.74) is 1.02. The second-order valence-electron chi connectivity index (χ2n) is 7.69. The van der Waals surface area contributed by atoms with Gasteiger partial charge in [-0.2, -0.15) is 0 Å². The topological polar surface area (TPSA) is 57.7 Å². The van der Waals surface area contributed by atoms with Gasteiger partial charge >= 0.3 is 5.97 Å². The quantitative estimate of drug-likeness (QED) is 0.760. The maximum Gasteiger partial charge on any atom is 0.312 e. The van der Waals surface area contributed by atoms with E-state index in [1.165, 1.54) is 5.56 Å². The van der Waals surface area contributed by atoms with Crippen molar-refractivity contribution in [1.29, 1.82) is 0 Å². The molecule has 4 heterocycles. The molecule has 8 heteroatoms. The molecule has 1 unspecified atom stereocenters. The Morgan fingerprint density at radius 2 is 1.93 bits per heavy atom. The molecule has 0 bridgehead atoms. The molecule has 0 radical (unpaired) electrons. The van der Waals surface area contributed by atoms with E-state index in [2.05, 4.69) is 33.1 Å². The molecule has 3 fully saturated rings. The summed E-state index contributed by atoms with van der Waals surface area (Å²) in [5, 5.41) is 3.35. The van der Waals surface area contributed by atoms with E-state index in [4.69, 9.17) is 4.74 Å². The number of aromatic nitrogens is 1. The highest BCUT2D eigenvalue weighted by atomic mass is 35.5. The van der Waals surface area contributed by atoms with Gasteiger partial charge in [-0.15, -0.1) is 24.8 Å². The van der Waals surface area contributed by atoms with Crippen molar-refractivity contribution in [1.82, 2.24) is 15.2 Å². The lowest BCUT2D eigenvalue weighted by atomic mass is 9.76. The lowest BCUT2D eigenvalue weighted by molar-refractivity contribution is -0.150. The number of hydrogen-bond donors (Lipinski definition) is 1. The number of nitrogens with one attached hydrogen (secondary N) is 1. The number of rotatable bonds is 3. The molecule has 1 atom stereocenters. The fourth-order valence-electron chi connectivity index (χ4n) is 4.49. The van der Waals surface area contributed by atoms with Crippen LogP contribution in [0.25, 0.3) is 0 Å². The van der Waals surface area contributed by atoms with Gasteiger partial charge in [-0.25, -0.2) is 4.98 Å². The maximum atomic E-state index is 12.4. The maximum absolute atomic E-state index is 12.4. The monoisotopic (exact) mass is 416 g/mol. The number of nitrogens with zero attached hydrogens (tertiary/aromatic N) is 3. The van der Waals surface area contributed by atoms with Crippen molar-refractivity contribution in [2.45, 2.75) is 32.3 Å². The van der Waals surface area contributed by atoms with Crippen molar-refractivity contribution in [2.75, 3.05) is 50.7 Å². The summed E-state index contributed by atoms with van der Waals surface area (Å²) in [4.78, 5) is 21.7. The summed E-state index contributed by atoms with van der Waals surface area (Å²) >= 11 is 0. The lowest BCUT2D eigenvalue weighted by Gasteiger charge is -2.36. The number of piperazine rings is 1. The van der Waals surface area contributed by atoms with E-state index in [-0.39, 0.29) is 42.3 Å². The number of halogens is 2. The van der Waals surface area contributed by atoms with Crippen molar-refractivity contribution in [3.8, 4) is 0 Å². The number of cyclic esters (lactones) is 1. The second-order valence-corrected chi connectivity index (χ2v) is 7.69. The van der Waals surface area contributed by atoms with Gasteiger partial charge < -0.3 is 15.0 Å². The molecule has 3 saturated heterocycles. The van der Waals surface area contributed by atoms with E-state index < -0.39 is 0 Å². The average Bonchev–Trinajstić information content (AvgIpc) is 2.91. The lowest BCUT2D eigenvalue weighted by Crippen LogP contribution is -2.49. The Morgan fingerprint density at radius 3 is 2.59 bits per heavy atom. The number of ether oxygens (including phenoxy) is 1. The molecule has 1 aromatic heterocycles. The summed E-state index contributed by atoms with van der Waals surface area (Å²) in [7, 11) is 0. The number of carbonyl (C=O) groups is 1. The van der Waals surface area contributed by atoms with Crippen LogP contribution in [-0.4, -0.2) is 67.8 Å². The van der Waals surface area contributed by atoms with E-state index >= 15 is 0 Å². The van der Waals surface area contributed by atoms with Crippen molar-refractivity contribution in [2.24, 2.45) is 5.41 Å². The molecule has 0 amide bonds. The number of pyridine rings is 1. The highest BCUT2D eigenvalue weighted by Crippen LogP contribution is 2.41. The van der Waals surface area contributed by atoms with Gasteiger partial charge in [0.05, 0.1) is 5.41 Å². The number of aryl methyl sites for hydroxylation is 1. The fraction of sp³-hybridized carbons (Fsp3) is 0.684. The van der Waals surface area contributed by atoms with Crippen LogP contribution in [0.3, 0.4) is 0 Å². The highest BCUT2D eigenvalue weighted by molar-refractivity contribution is 5.85. The molecule has 1 spiro atoms. The molecule has 152 valence electrons. The minimum atomic E-state index is -0.206. The minimum Gasteiger partial charge on any atom is -0.461 e. The van der Waals surface area contributed by atoms with Gasteiger partial charge in [-0.05, 0) is 44.5 Å². The molecular weight excluding hydrogens is 387 g/mol. The normalized spacial score (nSPS) is 24.9. The van der Waals surface area contributed by atoms with Crippen LogP contribution in [0.15, 0.2) is 18.3 Å². The Balaban J connectivity index is 0.00000131. The molecule has 4 rings (SSSR count). The smallest absolute Gasteiger partial charge is 0.312 e. The molecule has 27 heavy (non-hydrogen) atoms. The highest BCUT2D eigenvalue weighted by Gasteiger charge is 2.49. The second kappa shape index (κ2) is 9.41. The standard InChI is InChI=1S/C19H28N4O2.2ClH/c1-15-3-2-6-21-17(15)23-11-9-22(10-12-23)14-16-13-19(18(24)25-16)4-7-20-8-5-19;;/h2-3,6,16,20H,4-5,7-14H2,1H3;2*1H. The van der Waals surface area contributed by atoms with E-state index in [9.17, 15) is 4.79 Å². The molecule has 6 nitrogen and oxygen atoms in total. The molecule has 0 saturated carbocycles. The minimum absolute atomic E-state index is 0. The first-order chi connectivity index (χ1) is 12.2. The first-order valence-electron chi connectivity index (χ1n) is 9.47. The zero-order valence-corrected chi connectivity index (χ0v) is 17.5. The van der Waals surface area contributed by atoms with Gasteiger partial charge in [-0.3, -0.25) is 9.69 Å². The Labute approximate surface area is 173 Å². The van der Waals surface area contributed by atoms with Gasteiger partial charge in [0.25, 0.3) is 0 Å². The summed E-state index contributed by atoms with van der Waals surface area (Å²) in [6, 6.07) is 4.10. The zero-order chi connectivity index (χ0) is 17.3. The van der Waals surface area contributed by atoms with Gasteiger partial charge in [-0.1, -0.05) is 6.07 Å². The zero-order valence-electron chi connectivity index (χ0n) is 15.9. The SMILES string of the molecule is Cc1cccnc1N1CCN(CC2CC3(CCNCC3)C(=O)O2)CC1.Cl.Cl. The van der Waals surface area contributed by atoms with Crippen LogP contribution in [0.4, 0.5) is 5.82 Å². The van der Waals surface area contributed by atoms with Gasteiger partial charge in [0.15, 0.2) is 0 Å². The van der Waals surface area contributed by atoms with E-state index in [1.807, 2.05) is 12.3 Å². The van der Waals surface area contributed by atoms with Crippen molar-refractivity contribution in [3.63, 3.8) is 0 Å². The fourth-order valence-corrected chi connectivity index (χ4v) is 4.49. The Kier molecular flexibility index (Phi) is 7.74. The number of hydrogen-bond acceptors (Lipinski definition) is 6. The molecule has 3 aliphatic rings. The van der Waals surface area contributed by atoms with Crippen LogP contribution in [0.2, 0.25) is 0 Å². The Morgan fingerprint density at radius 1 is 1.22 bits per heavy atom. The number of carbonyl (C=O) groups excluding carboxylic acids is 1. The predicted molar refractivity (Wildman–Crippen MR) is 111 cm³/mol. The molecule has 0 aliphatic carbocycles. The van der Waals surface area contributed by atoms with Crippen LogP contribution in [0.5, 0.6) is 0 Å². The average molecular weight is 417 g/mol. The molecule has 3 aliphatic heterocycles. The first kappa shape index (κ1) is 22.2. The summed E-state index contributed by atoms with van der Waals surface area (Å²) in [6.07, 6.45) is 4.68. The predicted octanol–water partition coefficient (Wildman–Crippen LogP) is 2.04. The van der Waals surface area contributed by atoms with E-state index in [1.54, 1.807) is 0 Å². The molecular formula is C19H30Cl2N4O2. The third-order valence-electron chi connectivity index (χ3n) is 6.00. The van der Waals surface area contributed by atoms with Crippen molar-refractivity contribution < 1.29 is 9.53 Å². The van der Waals surface area contributed by atoms with Crippen LogP contribution in [0.1, 0.15) is 24.8 Å². The van der Waals surface area contributed by atoms with Crippen LogP contribution >= 0.6 is 24.8 Å². The molecule has 1 N–H and O–H groups in total. The summed E-state index contributed by atoms with van der Waals surface area (Å²) in [5.74, 6) is 1.14. The summed E-state index contributed by atoms with van der Waals surface area (Å²) in [6.45, 7) is 8.81. The third kappa shape index (κ3) is 4.67. The van der Waals surface area contributed by atoms with E-state index in [0.29, 0.717) is 0 Å². The first-order valence-corrected chi connectivity index (χ1v) is 9.47. The van der Waals surface area contributed by atoms with Crippen LogP contribution in [-0.2, 0) is 9.53 Å². The van der Waals surface area contributed by atoms with Crippen LogP contribution < -0.4 is 10.2 Å². The Hall–Kier alpha value is -1.08. The molecule has 0 aromatic carbocycles. The van der Waals surface area contributed by atoms with Gasteiger partial charge in [0.1, 0.15) is 11.9 Å². The largest absolute Gasteiger partial charge is 0.461 e. The van der Waals surface area contributed by atoms with Crippen molar-refractivity contribution in [3.05, 3.63) is 23.9 Å². The number of piperidine rings is 1. The van der Waals surface area contributed by atoms with Gasteiger partial charge in [0, 0.05) is 45.3 Å². The van der Waals surface area contributed by atoms with E-state index in [0.717, 1.165) is 70.9 Å². The third-order valence-corrected chi connectivity index (χ3v) is 6.00. The number of anilines is 1.